The molecule has 0 amide bonds. The van der Waals surface area contributed by atoms with Crippen LogP contribution in [0.15, 0.2) is 17.1 Å². The van der Waals surface area contributed by atoms with Crippen molar-refractivity contribution >= 4 is 34.7 Å². The Hall–Kier alpha value is -1.79. The summed E-state index contributed by atoms with van der Waals surface area (Å²) in [6.07, 6.45) is 5.28. The van der Waals surface area contributed by atoms with Gasteiger partial charge < -0.3 is 14.2 Å². The number of methoxy groups -OCH3 is 1. The number of nitrogens with zero attached hydrogens (tertiary/aromatic N) is 3. The van der Waals surface area contributed by atoms with E-state index in [2.05, 4.69) is 11.9 Å². The van der Waals surface area contributed by atoms with Gasteiger partial charge >= 0.3 is 0 Å². The van der Waals surface area contributed by atoms with Crippen molar-refractivity contribution in [1.82, 2.24) is 9.55 Å². The van der Waals surface area contributed by atoms with Gasteiger partial charge in [0.2, 0.25) is 5.82 Å². The Morgan fingerprint density at radius 3 is 2.78 bits per heavy atom. The summed E-state index contributed by atoms with van der Waals surface area (Å²) in [6, 6.07) is 1.72. The molecule has 0 spiro atoms. The normalized spacial score (nSPS) is 17.1. The molecule has 0 bridgehead atoms. The molecule has 1 aromatic carbocycles. The van der Waals surface area contributed by atoms with Gasteiger partial charge in [0.1, 0.15) is 10.2 Å². The monoisotopic (exact) mass is 411 g/mol. The van der Waals surface area contributed by atoms with Crippen LogP contribution in [0.4, 0.5) is 15.9 Å². The fourth-order valence-electron chi connectivity index (χ4n) is 3.96. The number of benzene rings is 1. The second kappa shape index (κ2) is 6.99. The van der Waals surface area contributed by atoms with Crippen LogP contribution in [0.3, 0.4) is 0 Å². The Morgan fingerprint density at radius 2 is 2.15 bits per heavy atom. The molecule has 27 heavy (non-hydrogen) atoms. The maximum atomic E-state index is 14.5. The van der Waals surface area contributed by atoms with Gasteiger partial charge in [-0.05, 0) is 43.2 Å². The molecule has 4 rings (SSSR count). The minimum atomic E-state index is -0.642. The van der Waals surface area contributed by atoms with Crippen LogP contribution in [0.5, 0.6) is 5.75 Å². The van der Waals surface area contributed by atoms with E-state index in [-0.39, 0.29) is 33.3 Å². The van der Waals surface area contributed by atoms with Gasteiger partial charge in [0.15, 0.2) is 11.6 Å². The first kappa shape index (κ1) is 18.6. The molecule has 0 radical (unpaired) electrons. The topological polar surface area (TPSA) is 47.4 Å². The first-order chi connectivity index (χ1) is 13.0. The van der Waals surface area contributed by atoms with E-state index in [0.717, 1.165) is 24.8 Å². The Morgan fingerprint density at radius 1 is 1.41 bits per heavy atom. The molecule has 5 nitrogen and oxygen atoms in total. The average molecular weight is 412 g/mol. The number of anilines is 2. The number of ether oxygens (including phenoxy) is 1. The SMILES string of the molecule is CC[C@@H](C1CC1)n1cc(Cl)nc(N2CCc3cc(OC)c(F)c(Cl)c32)c1=O. The minimum absolute atomic E-state index is 0.0659. The predicted octanol–water partition coefficient (Wildman–Crippen LogP) is 4.75. The summed E-state index contributed by atoms with van der Waals surface area (Å²) >= 11 is 12.5. The standard InChI is InChI=1S/C19H20Cl2FN3O2/c1-3-12(10-4-5-10)25-9-14(20)23-18(19(25)26)24-7-6-11-8-13(27-2)16(22)15(21)17(11)24/h8-10,12H,3-7H2,1-2H3/t12-/m0/s1. The highest BCUT2D eigenvalue weighted by Gasteiger charge is 2.35. The highest BCUT2D eigenvalue weighted by atomic mass is 35.5. The Labute approximate surface area is 166 Å². The van der Waals surface area contributed by atoms with Crippen molar-refractivity contribution in [3.05, 3.63) is 44.2 Å². The van der Waals surface area contributed by atoms with Gasteiger partial charge in [-0.25, -0.2) is 9.37 Å². The van der Waals surface area contributed by atoms with Crippen LogP contribution in [0.1, 0.15) is 37.8 Å². The van der Waals surface area contributed by atoms with Crippen LogP contribution in [-0.4, -0.2) is 23.2 Å². The first-order valence-corrected chi connectivity index (χ1v) is 9.82. The summed E-state index contributed by atoms with van der Waals surface area (Å²) in [5.41, 5.74) is 1.06. The van der Waals surface area contributed by atoms with E-state index in [0.29, 0.717) is 24.6 Å². The summed E-state index contributed by atoms with van der Waals surface area (Å²) in [5.74, 6) is 0.135. The molecule has 1 aliphatic heterocycles. The quantitative estimate of drug-likeness (QED) is 0.711. The van der Waals surface area contributed by atoms with Crippen LogP contribution in [0.2, 0.25) is 10.2 Å². The zero-order valence-corrected chi connectivity index (χ0v) is 16.6. The van der Waals surface area contributed by atoms with Gasteiger partial charge in [0.25, 0.3) is 5.56 Å². The molecule has 1 fully saturated rings. The van der Waals surface area contributed by atoms with Crippen molar-refractivity contribution in [2.75, 3.05) is 18.6 Å². The van der Waals surface area contributed by atoms with E-state index < -0.39 is 5.82 Å². The minimum Gasteiger partial charge on any atom is -0.494 e. The summed E-state index contributed by atoms with van der Waals surface area (Å²) in [7, 11) is 1.40. The van der Waals surface area contributed by atoms with Gasteiger partial charge in [0, 0.05) is 18.8 Å². The van der Waals surface area contributed by atoms with Crippen molar-refractivity contribution in [3.8, 4) is 5.75 Å². The number of fused-ring (bicyclic) bond motifs is 1. The number of hydrogen-bond acceptors (Lipinski definition) is 4. The smallest absolute Gasteiger partial charge is 0.294 e. The lowest BCUT2D eigenvalue weighted by molar-refractivity contribution is 0.386. The molecule has 144 valence electrons. The second-order valence-electron chi connectivity index (χ2n) is 7.03. The van der Waals surface area contributed by atoms with E-state index in [1.54, 1.807) is 21.7 Å². The van der Waals surface area contributed by atoms with Crippen LogP contribution in [0, 0.1) is 11.7 Å². The van der Waals surface area contributed by atoms with E-state index in [4.69, 9.17) is 27.9 Å². The van der Waals surface area contributed by atoms with E-state index in [1.807, 2.05) is 0 Å². The fourth-order valence-corrected chi connectivity index (χ4v) is 4.46. The third-order valence-corrected chi connectivity index (χ3v) is 5.93. The number of hydrogen-bond donors (Lipinski definition) is 0. The number of rotatable bonds is 5. The number of aromatic nitrogens is 2. The van der Waals surface area contributed by atoms with Gasteiger partial charge in [0.05, 0.1) is 12.8 Å². The zero-order chi connectivity index (χ0) is 19.3. The van der Waals surface area contributed by atoms with Crippen molar-refractivity contribution in [2.24, 2.45) is 5.92 Å². The lowest BCUT2D eigenvalue weighted by Gasteiger charge is -2.23. The molecule has 1 atom stereocenters. The summed E-state index contributed by atoms with van der Waals surface area (Å²) in [4.78, 5) is 19.1. The molecule has 0 saturated heterocycles. The summed E-state index contributed by atoms with van der Waals surface area (Å²) in [6.45, 7) is 2.54. The molecule has 8 heteroatoms. The molecule has 0 N–H and O–H groups in total. The Bertz CT molecular complexity index is 959. The first-order valence-electron chi connectivity index (χ1n) is 9.07. The predicted molar refractivity (Wildman–Crippen MR) is 104 cm³/mol. The maximum absolute atomic E-state index is 14.5. The van der Waals surface area contributed by atoms with Crippen molar-refractivity contribution < 1.29 is 9.13 Å². The maximum Gasteiger partial charge on any atom is 0.294 e. The third-order valence-electron chi connectivity index (χ3n) is 5.40. The van der Waals surface area contributed by atoms with E-state index in [1.165, 1.54) is 7.11 Å². The largest absolute Gasteiger partial charge is 0.494 e. The lowest BCUT2D eigenvalue weighted by Crippen LogP contribution is -2.32. The van der Waals surface area contributed by atoms with Gasteiger partial charge in [-0.2, -0.15) is 0 Å². The van der Waals surface area contributed by atoms with Crippen molar-refractivity contribution in [1.29, 1.82) is 0 Å². The Balaban J connectivity index is 1.84. The molecule has 1 aromatic heterocycles. The van der Waals surface area contributed by atoms with Crippen molar-refractivity contribution in [3.63, 3.8) is 0 Å². The van der Waals surface area contributed by atoms with Gasteiger partial charge in [-0.1, -0.05) is 30.1 Å². The average Bonchev–Trinajstić information content (AvgIpc) is 3.40. The van der Waals surface area contributed by atoms with Crippen molar-refractivity contribution in [2.45, 2.75) is 38.6 Å². The highest BCUT2D eigenvalue weighted by Crippen LogP contribution is 2.44. The van der Waals surface area contributed by atoms with E-state index in [9.17, 15) is 9.18 Å². The molecule has 1 saturated carbocycles. The molecule has 2 aromatic rings. The molecule has 0 unspecified atom stereocenters. The van der Waals surface area contributed by atoms with E-state index >= 15 is 0 Å². The Kier molecular flexibility index (Phi) is 4.80. The molecular formula is C19H20Cl2FN3O2. The summed E-state index contributed by atoms with van der Waals surface area (Å²) in [5, 5.41) is 0.172. The highest BCUT2D eigenvalue weighted by molar-refractivity contribution is 6.34. The molecular weight excluding hydrogens is 392 g/mol. The van der Waals surface area contributed by atoms with Crippen LogP contribution in [0.25, 0.3) is 0 Å². The van der Waals surface area contributed by atoms with Crippen LogP contribution in [-0.2, 0) is 6.42 Å². The van der Waals surface area contributed by atoms with Crippen LogP contribution < -0.4 is 15.2 Å². The van der Waals surface area contributed by atoms with Crippen LogP contribution >= 0.6 is 23.2 Å². The second-order valence-corrected chi connectivity index (χ2v) is 7.79. The third kappa shape index (κ3) is 3.09. The molecule has 2 heterocycles. The number of halogens is 3. The zero-order valence-electron chi connectivity index (χ0n) is 15.1. The van der Waals surface area contributed by atoms with Gasteiger partial charge in [-0.15, -0.1) is 0 Å². The lowest BCUT2D eigenvalue weighted by atomic mass is 10.1. The van der Waals surface area contributed by atoms with Gasteiger partial charge in [-0.3, -0.25) is 4.79 Å². The fraction of sp³-hybridized carbons (Fsp3) is 0.474. The molecule has 2 aliphatic rings. The molecule has 1 aliphatic carbocycles. The summed E-state index contributed by atoms with van der Waals surface area (Å²) < 4.78 is 21.2.